The molecule has 0 saturated heterocycles. The van der Waals surface area contributed by atoms with Crippen molar-refractivity contribution in [3.8, 4) is 0 Å². The van der Waals surface area contributed by atoms with Crippen molar-refractivity contribution >= 4 is 24.2 Å². The number of benzene rings is 3. The molecule has 0 saturated carbocycles. The van der Waals surface area contributed by atoms with E-state index in [4.69, 9.17) is 0 Å². The van der Waals surface area contributed by atoms with Crippen LogP contribution in [0.4, 0.5) is 0 Å². The molecule has 0 aromatic heterocycles. The van der Waals surface area contributed by atoms with Crippen molar-refractivity contribution < 1.29 is 9.59 Å². The van der Waals surface area contributed by atoms with Crippen molar-refractivity contribution in [2.75, 3.05) is 0 Å². The van der Waals surface area contributed by atoms with Crippen molar-refractivity contribution in [1.82, 2.24) is 10.9 Å². The molecule has 0 unspecified atom stereocenters. The third-order valence-corrected chi connectivity index (χ3v) is 4.48. The number of amides is 2. The van der Waals surface area contributed by atoms with Gasteiger partial charge in [-0.15, -0.1) is 0 Å². The highest BCUT2D eigenvalue weighted by molar-refractivity contribution is 5.97. The summed E-state index contributed by atoms with van der Waals surface area (Å²) in [4.78, 5) is 24.3. The lowest BCUT2D eigenvalue weighted by Crippen LogP contribution is -2.18. The van der Waals surface area contributed by atoms with E-state index in [9.17, 15) is 9.59 Å². The first kappa shape index (κ1) is 20.7. The lowest BCUT2D eigenvalue weighted by molar-refractivity contribution is 0.0946. The largest absolute Gasteiger partial charge is 0.271 e. The highest BCUT2D eigenvalue weighted by Gasteiger charge is 2.07. The quantitative estimate of drug-likeness (QED) is 0.489. The molecule has 30 heavy (non-hydrogen) atoms. The van der Waals surface area contributed by atoms with Crippen molar-refractivity contribution in [1.29, 1.82) is 0 Å². The highest BCUT2D eigenvalue weighted by atomic mass is 16.2. The summed E-state index contributed by atoms with van der Waals surface area (Å²) in [5.74, 6) is -0.505. The number of nitrogens with zero attached hydrogens (tertiary/aromatic N) is 2. The van der Waals surface area contributed by atoms with Crippen LogP contribution in [0.1, 0.15) is 43.0 Å². The Morgan fingerprint density at radius 1 is 0.633 bits per heavy atom. The van der Waals surface area contributed by atoms with Gasteiger partial charge in [0.2, 0.25) is 0 Å². The van der Waals surface area contributed by atoms with Crippen molar-refractivity contribution in [2.24, 2.45) is 10.2 Å². The fraction of sp³-hybridized carbons (Fsp3) is 0.0833. The van der Waals surface area contributed by atoms with Crippen LogP contribution in [0, 0.1) is 13.8 Å². The molecule has 2 amide bonds. The zero-order chi connectivity index (χ0) is 21.3. The van der Waals surface area contributed by atoms with Crippen LogP contribution in [-0.2, 0) is 0 Å². The Balaban J connectivity index is 1.53. The molecule has 3 aromatic carbocycles. The van der Waals surface area contributed by atoms with Crippen LogP contribution in [0.5, 0.6) is 0 Å². The molecule has 0 radical (unpaired) electrons. The minimum absolute atomic E-state index is 0.252. The normalized spacial score (nSPS) is 11.0. The molecule has 150 valence electrons. The average Bonchev–Trinajstić information content (AvgIpc) is 2.75. The monoisotopic (exact) mass is 398 g/mol. The zero-order valence-corrected chi connectivity index (χ0v) is 16.8. The average molecular weight is 398 g/mol. The van der Waals surface area contributed by atoms with Gasteiger partial charge in [-0.05, 0) is 48.2 Å². The second-order valence-electron chi connectivity index (χ2n) is 6.69. The van der Waals surface area contributed by atoms with Gasteiger partial charge in [-0.3, -0.25) is 9.59 Å². The van der Waals surface area contributed by atoms with Crippen LogP contribution >= 0.6 is 0 Å². The Hall–Kier alpha value is -4.06. The minimum atomic E-state index is -0.252. The fourth-order valence-corrected chi connectivity index (χ4v) is 2.77. The SMILES string of the molecule is Cc1ccccc1C(=O)N/N=C\c1ccc(/C=N\NC(=O)c2ccccc2C)cc1. The van der Waals surface area contributed by atoms with E-state index in [1.54, 1.807) is 24.6 Å². The predicted octanol–water partition coefficient (Wildman–Crippen LogP) is 3.83. The van der Waals surface area contributed by atoms with Crippen molar-refractivity contribution in [2.45, 2.75) is 13.8 Å². The van der Waals surface area contributed by atoms with Crippen LogP contribution in [0.3, 0.4) is 0 Å². The number of hydrogen-bond donors (Lipinski definition) is 2. The molecule has 6 nitrogen and oxygen atoms in total. The minimum Gasteiger partial charge on any atom is -0.267 e. The van der Waals surface area contributed by atoms with E-state index in [0.29, 0.717) is 11.1 Å². The number of aryl methyl sites for hydroxylation is 2. The van der Waals surface area contributed by atoms with Crippen molar-refractivity contribution in [3.63, 3.8) is 0 Å². The molecule has 0 spiro atoms. The Labute approximate surface area is 175 Å². The Kier molecular flexibility index (Phi) is 6.84. The van der Waals surface area contributed by atoms with E-state index in [1.807, 2.05) is 74.5 Å². The molecular weight excluding hydrogens is 376 g/mol. The van der Waals surface area contributed by atoms with Gasteiger partial charge in [0.05, 0.1) is 12.4 Å². The molecule has 0 bridgehead atoms. The van der Waals surface area contributed by atoms with Crippen LogP contribution in [-0.4, -0.2) is 24.2 Å². The van der Waals surface area contributed by atoms with Gasteiger partial charge < -0.3 is 0 Å². The van der Waals surface area contributed by atoms with Gasteiger partial charge >= 0.3 is 0 Å². The smallest absolute Gasteiger partial charge is 0.267 e. The lowest BCUT2D eigenvalue weighted by Gasteiger charge is -2.03. The van der Waals surface area contributed by atoms with Crippen molar-refractivity contribution in [3.05, 3.63) is 106 Å². The summed E-state index contributed by atoms with van der Waals surface area (Å²) in [5, 5.41) is 8.00. The summed E-state index contributed by atoms with van der Waals surface area (Å²) in [5.41, 5.74) is 9.66. The van der Waals surface area contributed by atoms with E-state index in [-0.39, 0.29) is 11.8 Å². The summed E-state index contributed by atoms with van der Waals surface area (Å²) >= 11 is 0. The Morgan fingerprint density at radius 3 is 1.37 bits per heavy atom. The zero-order valence-electron chi connectivity index (χ0n) is 16.8. The predicted molar refractivity (Wildman–Crippen MR) is 119 cm³/mol. The molecule has 0 heterocycles. The molecule has 3 aromatic rings. The standard InChI is InChI=1S/C24H22N4O2/c1-17-7-3-5-9-21(17)23(29)27-25-15-19-11-13-20(14-12-19)16-26-28-24(30)22-10-6-4-8-18(22)2/h3-16H,1-2H3,(H,27,29)(H,28,30)/b25-15-,26-16-. The van der Waals surface area contributed by atoms with Crippen LogP contribution in [0.2, 0.25) is 0 Å². The van der Waals surface area contributed by atoms with Gasteiger partial charge in [0.25, 0.3) is 11.8 Å². The molecule has 6 heteroatoms. The second kappa shape index (κ2) is 9.93. The summed E-state index contributed by atoms with van der Waals surface area (Å²) in [6.07, 6.45) is 3.13. The van der Waals surface area contributed by atoms with E-state index in [1.165, 1.54) is 0 Å². The maximum Gasteiger partial charge on any atom is 0.271 e. The molecule has 0 aliphatic rings. The number of hydrazone groups is 2. The summed E-state index contributed by atoms with van der Waals surface area (Å²) < 4.78 is 0. The molecule has 0 fully saturated rings. The summed E-state index contributed by atoms with van der Waals surface area (Å²) in [6.45, 7) is 3.75. The van der Waals surface area contributed by atoms with Crippen LogP contribution in [0.25, 0.3) is 0 Å². The number of carbonyl (C=O) groups is 2. The van der Waals surface area contributed by atoms with Gasteiger partial charge in [0.1, 0.15) is 0 Å². The maximum absolute atomic E-state index is 12.1. The first-order chi connectivity index (χ1) is 14.5. The Morgan fingerprint density at radius 2 is 1.00 bits per heavy atom. The van der Waals surface area contributed by atoms with E-state index in [0.717, 1.165) is 22.3 Å². The summed E-state index contributed by atoms with van der Waals surface area (Å²) in [6, 6.07) is 22.0. The van der Waals surface area contributed by atoms with E-state index < -0.39 is 0 Å². The van der Waals surface area contributed by atoms with E-state index in [2.05, 4.69) is 21.1 Å². The molecule has 2 N–H and O–H groups in total. The van der Waals surface area contributed by atoms with Gasteiger partial charge in [-0.25, -0.2) is 10.9 Å². The number of nitrogens with one attached hydrogen (secondary N) is 2. The highest BCUT2D eigenvalue weighted by Crippen LogP contribution is 2.07. The first-order valence-electron chi connectivity index (χ1n) is 9.43. The fourth-order valence-electron chi connectivity index (χ4n) is 2.77. The molecule has 0 aliphatic carbocycles. The van der Waals surface area contributed by atoms with Crippen LogP contribution in [0.15, 0.2) is 83.0 Å². The Bertz CT molecular complexity index is 1010. The number of rotatable bonds is 6. The maximum atomic E-state index is 12.1. The van der Waals surface area contributed by atoms with Gasteiger partial charge in [0.15, 0.2) is 0 Å². The number of carbonyl (C=O) groups excluding carboxylic acids is 2. The third-order valence-electron chi connectivity index (χ3n) is 4.48. The van der Waals surface area contributed by atoms with Gasteiger partial charge in [-0.2, -0.15) is 10.2 Å². The second-order valence-corrected chi connectivity index (χ2v) is 6.69. The van der Waals surface area contributed by atoms with E-state index >= 15 is 0 Å². The van der Waals surface area contributed by atoms with Gasteiger partial charge in [0, 0.05) is 11.1 Å². The van der Waals surface area contributed by atoms with Gasteiger partial charge in [-0.1, -0.05) is 60.7 Å². The summed E-state index contributed by atoms with van der Waals surface area (Å²) in [7, 11) is 0. The first-order valence-corrected chi connectivity index (χ1v) is 9.43. The molecule has 3 rings (SSSR count). The number of hydrogen-bond acceptors (Lipinski definition) is 4. The van der Waals surface area contributed by atoms with Crippen LogP contribution < -0.4 is 10.9 Å². The molecular formula is C24H22N4O2. The molecule has 0 aliphatic heterocycles. The topological polar surface area (TPSA) is 82.9 Å². The lowest BCUT2D eigenvalue weighted by atomic mass is 10.1. The third kappa shape index (κ3) is 5.48. The molecule has 0 atom stereocenters.